The van der Waals surface area contributed by atoms with Gasteiger partial charge in [0.25, 0.3) is 5.91 Å². The Kier molecular flexibility index (Phi) is 8.03. The van der Waals surface area contributed by atoms with Gasteiger partial charge in [-0.3, -0.25) is 14.6 Å². The molecule has 0 unspecified atom stereocenters. The number of aromatic nitrogens is 1. The van der Waals surface area contributed by atoms with E-state index in [9.17, 15) is 9.59 Å². The van der Waals surface area contributed by atoms with Crippen molar-refractivity contribution in [1.82, 2.24) is 14.8 Å². The van der Waals surface area contributed by atoms with Crippen molar-refractivity contribution in [2.24, 2.45) is 11.8 Å². The fourth-order valence-corrected chi connectivity index (χ4v) is 4.67. The Bertz CT molecular complexity index is 965. The molecule has 182 valence electrons. The quantitative estimate of drug-likeness (QED) is 0.614. The van der Waals surface area contributed by atoms with E-state index in [-0.39, 0.29) is 17.7 Å². The maximum absolute atomic E-state index is 13.2. The minimum absolute atomic E-state index is 0.0275. The van der Waals surface area contributed by atoms with Crippen molar-refractivity contribution in [2.45, 2.75) is 46.1 Å². The molecule has 2 aromatic rings. The highest BCUT2D eigenvalue weighted by molar-refractivity contribution is 5.95. The summed E-state index contributed by atoms with van der Waals surface area (Å²) < 4.78 is 11.7. The Morgan fingerprint density at radius 1 is 0.971 bits per heavy atom. The number of rotatable bonds is 7. The standard InChI is InChI=1S/C27H35N3O4/c1-3-33-25-17-23(6-7-24(25)34-19-21-5-4-12-28-18-21)27(32)30-15-10-22(11-16-30)26(31)29-13-8-20(2)9-14-29/h4-7,12,17-18,20,22H,3,8-11,13-16,19H2,1-2H3. The minimum atomic E-state index is -0.0301. The second-order valence-corrected chi connectivity index (χ2v) is 9.32. The van der Waals surface area contributed by atoms with Gasteiger partial charge in [-0.1, -0.05) is 13.0 Å². The first kappa shape index (κ1) is 24.0. The molecular formula is C27H35N3O4. The molecule has 3 heterocycles. The number of nitrogens with zero attached hydrogens (tertiary/aromatic N) is 3. The molecule has 0 aliphatic carbocycles. The summed E-state index contributed by atoms with van der Waals surface area (Å²) in [4.78, 5) is 34.1. The van der Waals surface area contributed by atoms with E-state index in [0.29, 0.717) is 49.3 Å². The predicted octanol–water partition coefficient (Wildman–Crippen LogP) is 4.17. The Hall–Kier alpha value is -3.09. The average Bonchev–Trinajstić information content (AvgIpc) is 2.88. The summed E-state index contributed by atoms with van der Waals surface area (Å²) >= 11 is 0. The first-order valence-electron chi connectivity index (χ1n) is 12.4. The van der Waals surface area contributed by atoms with E-state index >= 15 is 0 Å². The number of benzene rings is 1. The molecule has 0 bridgehead atoms. The normalized spacial score (nSPS) is 17.5. The fourth-order valence-electron chi connectivity index (χ4n) is 4.67. The van der Waals surface area contributed by atoms with Crippen LogP contribution in [0.25, 0.3) is 0 Å². The van der Waals surface area contributed by atoms with Crippen LogP contribution in [0.3, 0.4) is 0 Å². The molecule has 34 heavy (non-hydrogen) atoms. The fraction of sp³-hybridized carbons (Fsp3) is 0.519. The van der Waals surface area contributed by atoms with Crippen molar-refractivity contribution in [1.29, 1.82) is 0 Å². The van der Waals surface area contributed by atoms with Crippen LogP contribution in [0.4, 0.5) is 0 Å². The lowest BCUT2D eigenvalue weighted by Gasteiger charge is -2.36. The topological polar surface area (TPSA) is 72.0 Å². The molecule has 2 amide bonds. The van der Waals surface area contributed by atoms with Gasteiger partial charge in [0, 0.05) is 55.6 Å². The van der Waals surface area contributed by atoms with Gasteiger partial charge in [0.2, 0.25) is 5.91 Å². The zero-order valence-electron chi connectivity index (χ0n) is 20.2. The van der Waals surface area contributed by atoms with Gasteiger partial charge in [-0.25, -0.2) is 0 Å². The minimum Gasteiger partial charge on any atom is -0.490 e. The zero-order chi connectivity index (χ0) is 23.9. The molecule has 0 spiro atoms. The number of carbonyl (C=O) groups excluding carboxylic acids is 2. The van der Waals surface area contributed by atoms with Crippen LogP contribution in [0.2, 0.25) is 0 Å². The van der Waals surface area contributed by atoms with E-state index in [1.165, 1.54) is 0 Å². The lowest BCUT2D eigenvalue weighted by Crippen LogP contribution is -2.46. The average molecular weight is 466 g/mol. The van der Waals surface area contributed by atoms with Crippen LogP contribution in [0.15, 0.2) is 42.7 Å². The first-order valence-corrected chi connectivity index (χ1v) is 12.4. The summed E-state index contributed by atoms with van der Waals surface area (Å²) in [6, 6.07) is 9.16. The number of piperidine rings is 2. The van der Waals surface area contributed by atoms with Crippen molar-refractivity contribution in [2.75, 3.05) is 32.8 Å². The number of hydrogen-bond acceptors (Lipinski definition) is 5. The summed E-state index contributed by atoms with van der Waals surface area (Å²) in [5.74, 6) is 2.13. The molecule has 2 saturated heterocycles. The monoisotopic (exact) mass is 465 g/mol. The van der Waals surface area contributed by atoms with E-state index in [0.717, 1.165) is 44.3 Å². The molecule has 0 saturated carbocycles. The van der Waals surface area contributed by atoms with Crippen LogP contribution in [0.1, 0.15) is 55.5 Å². The third-order valence-corrected chi connectivity index (χ3v) is 6.83. The Balaban J connectivity index is 1.35. The third-order valence-electron chi connectivity index (χ3n) is 6.83. The van der Waals surface area contributed by atoms with Gasteiger partial charge < -0.3 is 19.3 Å². The van der Waals surface area contributed by atoms with E-state index in [2.05, 4.69) is 11.9 Å². The zero-order valence-corrected chi connectivity index (χ0v) is 20.2. The highest BCUT2D eigenvalue weighted by atomic mass is 16.5. The van der Waals surface area contributed by atoms with Crippen molar-refractivity contribution in [3.8, 4) is 11.5 Å². The van der Waals surface area contributed by atoms with Crippen LogP contribution in [-0.2, 0) is 11.4 Å². The number of amides is 2. The molecule has 0 radical (unpaired) electrons. The van der Waals surface area contributed by atoms with Crippen molar-refractivity contribution in [3.05, 3.63) is 53.9 Å². The summed E-state index contributed by atoms with van der Waals surface area (Å²) in [5, 5.41) is 0. The number of hydrogen-bond donors (Lipinski definition) is 0. The van der Waals surface area contributed by atoms with Crippen LogP contribution >= 0.6 is 0 Å². The van der Waals surface area contributed by atoms with Gasteiger partial charge in [0.1, 0.15) is 6.61 Å². The molecule has 2 fully saturated rings. The smallest absolute Gasteiger partial charge is 0.253 e. The van der Waals surface area contributed by atoms with Crippen LogP contribution < -0.4 is 9.47 Å². The first-order chi connectivity index (χ1) is 16.5. The van der Waals surface area contributed by atoms with Gasteiger partial charge in [0.15, 0.2) is 11.5 Å². The molecule has 7 nitrogen and oxygen atoms in total. The summed E-state index contributed by atoms with van der Waals surface area (Å²) in [6.07, 6.45) is 7.11. The number of pyridine rings is 1. The number of likely N-dealkylation sites (tertiary alicyclic amines) is 2. The van der Waals surface area contributed by atoms with E-state index in [4.69, 9.17) is 9.47 Å². The van der Waals surface area contributed by atoms with Crippen molar-refractivity contribution >= 4 is 11.8 Å². The van der Waals surface area contributed by atoms with E-state index in [1.54, 1.807) is 30.6 Å². The molecule has 7 heteroatoms. The van der Waals surface area contributed by atoms with E-state index in [1.807, 2.05) is 28.9 Å². The summed E-state index contributed by atoms with van der Waals surface area (Å²) in [5.41, 5.74) is 1.54. The van der Waals surface area contributed by atoms with Gasteiger partial charge in [-0.15, -0.1) is 0 Å². The Morgan fingerprint density at radius 2 is 1.71 bits per heavy atom. The molecule has 0 N–H and O–H groups in total. The summed E-state index contributed by atoms with van der Waals surface area (Å²) in [6.45, 7) is 7.95. The third kappa shape index (κ3) is 5.88. The van der Waals surface area contributed by atoms with Crippen molar-refractivity contribution < 1.29 is 19.1 Å². The second kappa shape index (κ2) is 11.4. The SMILES string of the molecule is CCOc1cc(C(=O)N2CCC(C(=O)N3CCC(C)CC3)CC2)ccc1OCc1cccnc1. The molecule has 2 aliphatic rings. The molecule has 2 aliphatic heterocycles. The van der Waals surface area contributed by atoms with Gasteiger partial charge in [-0.2, -0.15) is 0 Å². The van der Waals surface area contributed by atoms with Gasteiger partial charge in [-0.05, 0) is 62.8 Å². The van der Waals surface area contributed by atoms with Gasteiger partial charge in [0.05, 0.1) is 6.61 Å². The Labute approximate surface area is 202 Å². The van der Waals surface area contributed by atoms with Crippen LogP contribution in [0.5, 0.6) is 11.5 Å². The number of ether oxygens (including phenoxy) is 2. The predicted molar refractivity (Wildman–Crippen MR) is 130 cm³/mol. The molecule has 1 aromatic heterocycles. The molecular weight excluding hydrogens is 430 g/mol. The highest BCUT2D eigenvalue weighted by Gasteiger charge is 2.32. The lowest BCUT2D eigenvalue weighted by atomic mass is 9.92. The second-order valence-electron chi connectivity index (χ2n) is 9.32. The lowest BCUT2D eigenvalue weighted by molar-refractivity contribution is -0.138. The Morgan fingerprint density at radius 3 is 2.38 bits per heavy atom. The van der Waals surface area contributed by atoms with E-state index < -0.39 is 0 Å². The highest BCUT2D eigenvalue weighted by Crippen LogP contribution is 2.31. The maximum Gasteiger partial charge on any atom is 0.253 e. The largest absolute Gasteiger partial charge is 0.490 e. The summed E-state index contributed by atoms with van der Waals surface area (Å²) in [7, 11) is 0. The van der Waals surface area contributed by atoms with Crippen molar-refractivity contribution in [3.63, 3.8) is 0 Å². The van der Waals surface area contributed by atoms with Crippen LogP contribution in [0, 0.1) is 11.8 Å². The van der Waals surface area contributed by atoms with Crippen LogP contribution in [-0.4, -0.2) is 59.4 Å². The van der Waals surface area contributed by atoms with Gasteiger partial charge >= 0.3 is 0 Å². The molecule has 4 rings (SSSR count). The number of carbonyl (C=O) groups is 2. The molecule has 0 atom stereocenters. The maximum atomic E-state index is 13.2. The molecule has 1 aromatic carbocycles.